The molecular weight excluding hydrogens is 180 g/mol. The highest BCUT2D eigenvalue weighted by Crippen LogP contribution is 1.93. The molecule has 0 spiro atoms. The largest absolute Gasteiger partial charge is 0.468 e. The van der Waals surface area contributed by atoms with Crippen LogP contribution in [0.3, 0.4) is 0 Å². The van der Waals surface area contributed by atoms with Crippen LogP contribution in [0.4, 0.5) is 0 Å². The standard InChI is InChI=1S/C7H8N2O2.ClH/c10-6-11-2-1-7-3-8-5-9-4-7;/h3-6H,1-2H2;1H. The lowest BCUT2D eigenvalue weighted by atomic mass is 10.3. The van der Waals surface area contributed by atoms with E-state index in [0.717, 1.165) is 5.56 Å². The van der Waals surface area contributed by atoms with Crippen molar-refractivity contribution in [2.24, 2.45) is 0 Å². The number of carbonyl (C=O) groups is 1. The van der Waals surface area contributed by atoms with Crippen LogP contribution < -0.4 is 0 Å². The first kappa shape index (κ1) is 10.8. The topological polar surface area (TPSA) is 52.1 Å². The summed E-state index contributed by atoms with van der Waals surface area (Å²) < 4.78 is 4.50. The molecule has 66 valence electrons. The van der Waals surface area contributed by atoms with Gasteiger partial charge in [0.2, 0.25) is 0 Å². The van der Waals surface area contributed by atoms with Crippen LogP contribution in [0.2, 0.25) is 0 Å². The zero-order valence-corrected chi connectivity index (χ0v) is 7.16. The predicted octanol–water partition coefficient (Wildman–Crippen LogP) is 0.614. The number of carbonyl (C=O) groups excluding carboxylic acids is 1. The number of aromatic nitrogens is 2. The molecule has 1 heterocycles. The Morgan fingerprint density at radius 2 is 2.08 bits per heavy atom. The average molecular weight is 189 g/mol. The number of ether oxygens (including phenoxy) is 1. The van der Waals surface area contributed by atoms with Gasteiger partial charge in [-0.05, 0) is 5.56 Å². The second-order valence-corrected chi connectivity index (χ2v) is 1.96. The molecule has 1 rings (SSSR count). The summed E-state index contributed by atoms with van der Waals surface area (Å²) in [5, 5.41) is 0. The van der Waals surface area contributed by atoms with E-state index in [-0.39, 0.29) is 12.4 Å². The maximum absolute atomic E-state index is 9.74. The van der Waals surface area contributed by atoms with Crippen LogP contribution >= 0.6 is 12.4 Å². The highest BCUT2D eigenvalue weighted by atomic mass is 35.5. The third kappa shape index (κ3) is 3.88. The Morgan fingerprint density at radius 3 is 2.67 bits per heavy atom. The number of halogens is 1. The van der Waals surface area contributed by atoms with E-state index in [1.807, 2.05) is 0 Å². The smallest absolute Gasteiger partial charge is 0.293 e. The highest BCUT2D eigenvalue weighted by molar-refractivity contribution is 5.85. The van der Waals surface area contributed by atoms with Crippen molar-refractivity contribution in [1.29, 1.82) is 0 Å². The summed E-state index contributed by atoms with van der Waals surface area (Å²) in [5.74, 6) is 0. The monoisotopic (exact) mass is 188 g/mol. The SMILES string of the molecule is Cl.O=COCCc1cncnc1. The van der Waals surface area contributed by atoms with Gasteiger partial charge >= 0.3 is 0 Å². The number of hydrogen-bond donors (Lipinski definition) is 0. The maximum atomic E-state index is 9.74. The fourth-order valence-electron chi connectivity index (χ4n) is 0.684. The zero-order chi connectivity index (χ0) is 7.94. The van der Waals surface area contributed by atoms with Gasteiger partial charge in [0.25, 0.3) is 6.47 Å². The summed E-state index contributed by atoms with van der Waals surface area (Å²) in [6, 6.07) is 0. The van der Waals surface area contributed by atoms with Crippen molar-refractivity contribution in [3.8, 4) is 0 Å². The fourth-order valence-corrected chi connectivity index (χ4v) is 0.684. The van der Waals surface area contributed by atoms with Crippen molar-refractivity contribution in [1.82, 2.24) is 9.97 Å². The Labute approximate surface area is 76.4 Å². The molecule has 0 aliphatic heterocycles. The Kier molecular flexibility index (Phi) is 5.91. The molecule has 0 radical (unpaired) electrons. The molecule has 5 heteroatoms. The van der Waals surface area contributed by atoms with Gasteiger partial charge in [-0.15, -0.1) is 12.4 Å². The van der Waals surface area contributed by atoms with Gasteiger partial charge < -0.3 is 4.74 Å². The summed E-state index contributed by atoms with van der Waals surface area (Å²) in [7, 11) is 0. The summed E-state index contributed by atoms with van der Waals surface area (Å²) in [6.45, 7) is 0.820. The van der Waals surface area contributed by atoms with E-state index in [1.54, 1.807) is 12.4 Å². The number of rotatable bonds is 4. The predicted molar refractivity (Wildman–Crippen MR) is 45.0 cm³/mol. The summed E-state index contributed by atoms with van der Waals surface area (Å²) in [4.78, 5) is 17.4. The first-order chi connectivity index (χ1) is 5.43. The lowest BCUT2D eigenvalue weighted by Gasteiger charge is -1.96. The molecule has 1 aromatic heterocycles. The zero-order valence-electron chi connectivity index (χ0n) is 6.34. The minimum atomic E-state index is 0. The quantitative estimate of drug-likeness (QED) is 0.513. The van der Waals surface area contributed by atoms with Gasteiger partial charge in [0.1, 0.15) is 6.33 Å². The van der Waals surface area contributed by atoms with Crippen molar-refractivity contribution in [2.45, 2.75) is 6.42 Å². The third-order valence-electron chi connectivity index (χ3n) is 1.19. The Balaban J connectivity index is 0.00000121. The lowest BCUT2D eigenvalue weighted by Crippen LogP contribution is -1.97. The van der Waals surface area contributed by atoms with E-state index in [0.29, 0.717) is 19.5 Å². The van der Waals surface area contributed by atoms with Crippen LogP contribution in [0.1, 0.15) is 5.56 Å². The molecule has 0 saturated heterocycles. The minimum Gasteiger partial charge on any atom is -0.468 e. The van der Waals surface area contributed by atoms with E-state index in [4.69, 9.17) is 0 Å². The van der Waals surface area contributed by atoms with E-state index in [1.165, 1.54) is 6.33 Å². The maximum Gasteiger partial charge on any atom is 0.293 e. The van der Waals surface area contributed by atoms with Crippen LogP contribution in [0.5, 0.6) is 0 Å². The molecule has 0 amide bonds. The van der Waals surface area contributed by atoms with Crippen molar-refractivity contribution in [3.05, 3.63) is 24.3 Å². The number of nitrogens with zero attached hydrogens (tertiary/aromatic N) is 2. The molecule has 0 aliphatic rings. The van der Waals surface area contributed by atoms with E-state index < -0.39 is 0 Å². The van der Waals surface area contributed by atoms with E-state index >= 15 is 0 Å². The van der Waals surface area contributed by atoms with Gasteiger partial charge in [0.15, 0.2) is 0 Å². The molecule has 1 aromatic rings. The molecule has 4 nitrogen and oxygen atoms in total. The molecular formula is C7H9ClN2O2. The third-order valence-corrected chi connectivity index (χ3v) is 1.19. The van der Waals surface area contributed by atoms with Gasteiger partial charge in [-0.3, -0.25) is 4.79 Å². The fraction of sp³-hybridized carbons (Fsp3) is 0.286. The molecule has 0 aromatic carbocycles. The summed E-state index contributed by atoms with van der Waals surface area (Å²) in [5.41, 5.74) is 0.967. The Bertz CT molecular complexity index is 218. The molecule has 0 unspecified atom stereocenters. The lowest BCUT2D eigenvalue weighted by molar-refractivity contribution is -0.128. The first-order valence-corrected chi connectivity index (χ1v) is 3.22. The first-order valence-electron chi connectivity index (χ1n) is 3.22. The highest BCUT2D eigenvalue weighted by Gasteiger charge is 1.91. The molecule has 0 saturated carbocycles. The Morgan fingerprint density at radius 1 is 1.42 bits per heavy atom. The van der Waals surface area contributed by atoms with Gasteiger partial charge in [0, 0.05) is 18.8 Å². The van der Waals surface area contributed by atoms with Crippen LogP contribution in [0.15, 0.2) is 18.7 Å². The van der Waals surface area contributed by atoms with Crippen LogP contribution in [-0.2, 0) is 16.0 Å². The van der Waals surface area contributed by atoms with Crippen LogP contribution in [0.25, 0.3) is 0 Å². The summed E-state index contributed by atoms with van der Waals surface area (Å²) in [6.07, 6.45) is 5.52. The molecule has 0 bridgehead atoms. The van der Waals surface area contributed by atoms with Crippen LogP contribution in [0, 0.1) is 0 Å². The minimum absolute atomic E-state index is 0. The van der Waals surface area contributed by atoms with Gasteiger partial charge in [-0.2, -0.15) is 0 Å². The van der Waals surface area contributed by atoms with Crippen LogP contribution in [-0.4, -0.2) is 23.0 Å². The molecule has 12 heavy (non-hydrogen) atoms. The Hall–Kier alpha value is -1.16. The number of hydrogen-bond acceptors (Lipinski definition) is 4. The van der Waals surface area contributed by atoms with E-state index in [9.17, 15) is 4.79 Å². The normalized spacial score (nSPS) is 8.33. The van der Waals surface area contributed by atoms with Crippen molar-refractivity contribution in [3.63, 3.8) is 0 Å². The molecule has 0 N–H and O–H groups in total. The van der Waals surface area contributed by atoms with Crippen molar-refractivity contribution < 1.29 is 9.53 Å². The van der Waals surface area contributed by atoms with Crippen molar-refractivity contribution >= 4 is 18.9 Å². The van der Waals surface area contributed by atoms with E-state index in [2.05, 4.69) is 14.7 Å². The second-order valence-electron chi connectivity index (χ2n) is 1.96. The van der Waals surface area contributed by atoms with Crippen molar-refractivity contribution in [2.75, 3.05) is 6.61 Å². The van der Waals surface area contributed by atoms with Gasteiger partial charge in [-0.25, -0.2) is 9.97 Å². The van der Waals surface area contributed by atoms with Gasteiger partial charge in [0.05, 0.1) is 6.61 Å². The van der Waals surface area contributed by atoms with Gasteiger partial charge in [-0.1, -0.05) is 0 Å². The second kappa shape index (κ2) is 6.54. The summed E-state index contributed by atoms with van der Waals surface area (Å²) >= 11 is 0. The molecule has 0 atom stereocenters. The molecule has 0 aliphatic carbocycles. The average Bonchev–Trinajstić information content (AvgIpc) is 2.07. The molecule has 0 fully saturated rings.